The van der Waals surface area contributed by atoms with Crippen LogP contribution in [0.4, 0.5) is 0 Å². The summed E-state index contributed by atoms with van der Waals surface area (Å²) in [5, 5.41) is 16.5. The maximum Gasteiger partial charge on any atom is 0.109 e. The molecular formula is C5H4N2S2. The first-order chi connectivity index (χ1) is 4.26. The van der Waals surface area contributed by atoms with E-state index in [1.807, 2.05) is 6.07 Å². The van der Waals surface area contributed by atoms with E-state index in [-0.39, 0.29) is 4.91 Å². The molecule has 0 atom stereocenters. The number of nitrogens with zero attached hydrogens (tertiary/aromatic N) is 2. The molecule has 0 saturated heterocycles. The Morgan fingerprint density at radius 2 is 2.00 bits per heavy atom. The fraction of sp³-hybridized carbons (Fsp3) is 0.200. The van der Waals surface area contributed by atoms with Crippen LogP contribution in [-0.2, 0) is 0 Å². The molecule has 0 bridgehead atoms. The number of hydrogen-bond acceptors (Lipinski definition) is 4. The molecule has 0 aliphatic heterocycles. The molecule has 0 N–H and O–H groups in total. The number of thiol groups is 1. The minimum absolute atomic E-state index is 0.185. The van der Waals surface area contributed by atoms with Gasteiger partial charge >= 0.3 is 0 Å². The second-order valence-electron chi connectivity index (χ2n) is 1.11. The van der Waals surface area contributed by atoms with E-state index < -0.39 is 0 Å². The molecule has 0 aliphatic carbocycles. The number of allylic oxidation sites excluding steroid dienone is 2. The van der Waals surface area contributed by atoms with Crippen molar-refractivity contribution in [2.24, 2.45) is 0 Å². The molecule has 0 rings (SSSR count). The van der Waals surface area contributed by atoms with Gasteiger partial charge in [0.05, 0.1) is 0 Å². The van der Waals surface area contributed by atoms with Crippen LogP contribution in [0.5, 0.6) is 0 Å². The Hall–Kier alpha value is -0.580. The van der Waals surface area contributed by atoms with Crippen molar-refractivity contribution in [2.45, 2.75) is 0 Å². The molecule has 0 fully saturated rings. The van der Waals surface area contributed by atoms with Crippen molar-refractivity contribution < 1.29 is 0 Å². The summed E-state index contributed by atoms with van der Waals surface area (Å²) in [5.41, 5.74) is 0. The molecule has 46 valence electrons. The molecule has 2 nitrogen and oxygen atoms in total. The highest BCUT2D eigenvalue weighted by molar-refractivity contribution is 8.03. The zero-order chi connectivity index (χ0) is 7.28. The van der Waals surface area contributed by atoms with Gasteiger partial charge in [-0.2, -0.15) is 10.5 Å². The van der Waals surface area contributed by atoms with Gasteiger partial charge in [0.25, 0.3) is 0 Å². The Bertz CT molecular complexity index is 206. The van der Waals surface area contributed by atoms with Crippen molar-refractivity contribution in [3.63, 3.8) is 0 Å². The summed E-state index contributed by atoms with van der Waals surface area (Å²) in [6.07, 6.45) is 1.73. The van der Waals surface area contributed by atoms with Gasteiger partial charge in [0, 0.05) is 0 Å². The molecule has 0 aromatic heterocycles. The van der Waals surface area contributed by atoms with E-state index in [2.05, 4.69) is 12.6 Å². The first kappa shape index (κ1) is 8.42. The average Bonchev–Trinajstić information content (AvgIpc) is 1.90. The smallest absolute Gasteiger partial charge is 0.109 e. The van der Waals surface area contributed by atoms with Crippen LogP contribution in [0.3, 0.4) is 0 Å². The fourth-order valence-electron chi connectivity index (χ4n) is 0.246. The third kappa shape index (κ3) is 2.46. The maximum absolute atomic E-state index is 8.30. The van der Waals surface area contributed by atoms with E-state index in [0.29, 0.717) is 4.91 Å². The summed E-state index contributed by atoms with van der Waals surface area (Å²) in [4.78, 5) is 0.547. The van der Waals surface area contributed by atoms with Crippen molar-refractivity contribution in [2.75, 3.05) is 6.26 Å². The van der Waals surface area contributed by atoms with Gasteiger partial charge < -0.3 is 0 Å². The van der Waals surface area contributed by atoms with Crippen LogP contribution < -0.4 is 0 Å². The van der Waals surface area contributed by atoms with Gasteiger partial charge in [-0.15, -0.1) is 24.4 Å². The van der Waals surface area contributed by atoms with E-state index in [1.54, 1.807) is 12.3 Å². The van der Waals surface area contributed by atoms with Gasteiger partial charge in [-0.1, -0.05) is 0 Å². The Morgan fingerprint density at radius 1 is 1.44 bits per heavy atom. The summed E-state index contributed by atoms with van der Waals surface area (Å²) < 4.78 is 0. The monoisotopic (exact) mass is 156 g/mol. The van der Waals surface area contributed by atoms with Crippen LogP contribution in [0.15, 0.2) is 9.81 Å². The van der Waals surface area contributed by atoms with E-state index in [9.17, 15) is 0 Å². The van der Waals surface area contributed by atoms with Gasteiger partial charge in [0.2, 0.25) is 0 Å². The molecule has 0 unspecified atom stereocenters. The van der Waals surface area contributed by atoms with Crippen molar-refractivity contribution in [3.8, 4) is 12.1 Å². The molecule has 0 aromatic carbocycles. The minimum Gasteiger partial charge on any atom is -0.192 e. The van der Waals surface area contributed by atoms with Crippen LogP contribution >= 0.6 is 24.4 Å². The number of hydrogen-bond donors (Lipinski definition) is 1. The molecule has 0 radical (unpaired) electrons. The Morgan fingerprint density at radius 3 is 2.11 bits per heavy atom. The lowest BCUT2D eigenvalue weighted by atomic mass is 10.5. The molecule has 0 aliphatic rings. The highest BCUT2D eigenvalue weighted by Crippen LogP contribution is 2.17. The third-order valence-corrected chi connectivity index (χ3v) is 1.81. The van der Waals surface area contributed by atoms with Crippen molar-refractivity contribution in [1.29, 1.82) is 10.5 Å². The van der Waals surface area contributed by atoms with E-state index in [4.69, 9.17) is 10.5 Å². The van der Waals surface area contributed by atoms with E-state index in [1.165, 1.54) is 11.8 Å². The zero-order valence-corrected chi connectivity index (χ0v) is 6.46. The fourth-order valence-corrected chi connectivity index (χ4v) is 0.900. The van der Waals surface area contributed by atoms with Gasteiger partial charge in [0.15, 0.2) is 0 Å². The van der Waals surface area contributed by atoms with Gasteiger partial charge in [-0.25, -0.2) is 0 Å². The predicted octanol–water partition coefficient (Wildman–Crippen LogP) is 1.54. The van der Waals surface area contributed by atoms with Crippen LogP contribution in [0.2, 0.25) is 0 Å². The number of thioether (sulfide) groups is 1. The highest BCUT2D eigenvalue weighted by Gasteiger charge is 1.97. The second kappa shape index (κ2) is 4.31. The van der Waals surface area contributed by atoms with Crippen LogP contribution in [-0.4, -0.2) is 6.26 Å². The first-order valence-corrected chi connectivity index (χ1v) is 3.71. The third-order valence-electron chi connectivity index (χ3n) is 0.627. The van der Waals surface area contributed by atoms with Crippen LogP contribution in [0, 0.1) is 22.7 Å². The Balaban J connectivity index is 4.49. The second-order valence-corrected chi connectivity index (χ2v) is 2.37. The summed E-state index contributed by atoms with van der Waals surface area (Å²) in [7, 11) is 0. The largest absolute Gasteiger partial charge is 0.192 e. The normalized spacial score (nSPS) is 11.1. The zero-order valence-electron chi connectivity index (χ0n) is 4.75. The lowest BCUT2D eigenvalue weighted by Gasteiger charge is -1.87. The summed E-state index contributed by atoms with van der Waals surface area (Å²) >= 11 is 4.98. The van der Waals surface area contributed by atoms with E-state index in [0.717, 1.165) is 0 Å². The van der Waals surface area contributed by atoms with Crippen LogP contribution in [0.25, 0.3) is 0 Å². The quantitative estimate of drug-likeness (QED) is 0.462. The Labute approximate surface area is 63.6 Å². The number of rotatable bonds is 1. The van der Waals surface area contributed by atoms with Crippen molar-refractivity contribution >= 4 is 24.4 Å². The van der Waals surface area contributed by atoms with Crippen LogP contribution in [0.1, 0.15) is 0 Å². The topological polar surface area (TPSA) is 47.6 Å². The molecule has 0 heterocycles. The minimum atomic E-state index is 0.185. The average molecular weight is 156 g/mol. The molecule has 9 heavy (non-hydrogen) atoms. The summed E-state index contributed by atoms with van der Waals surface area (Å²) in [6.45, 7) is 0. The SMILES string of the molecule is CSC(C#N)=C(S)C#N. The molecular weight excluding hydrogens is 152 g/mol. The first-order valence-electron chi connectivity index (χ1n) is 2.03. The highest BCUT2D eigenvalue weighted by atomic mass is 32.2. The number of nitriles is 2. The summed E-state index contributed by atoms with van der Waals surface area (Å²) in [5.74, 6) is 0. The predicted molar refractivity (Wildman–Crippen MR) is 40.8 cm³/mol. The molecule has 4 heteroatoms. The van der Waals surface area contributed by atoms with Crippen molar-refractivity contribution in [1.82, 2.24) is 0 Å². The standard InChI is InChI=1S/C5H4N2S2/c1-9-5(3-7)4(8)2-6/h8H,1H3. The molecule has 0 amide bonds. The van der Waals surface area contributed by atoms with Crippen molar-refractivity contribution in [3.05, 3.63) is 9.81 Å². The molecule has 0 spiro atoms. The lowest BCUT2D eigenvalue weighted by molar-refractivity contribution is 1.50. The van der Waals surface area contributed by atoms with Gasteiger partial charge in [0.1, 0.15) is 21.9 Å². The summed E-state index contributed by atoms with van der Waals surface area (Å²) in [6, 6.07) is 3.61. The molecule has 0 saturated carbocycles. The lowest BCUT2D eigenvalue weighted by Crippen LogP contribution is -1.72. The van der Waals surface area contributed by atoms with E-state index >= 15 is 0 Å². The Kier molecular flexibility index (Phi) is 4.04. The van der Waals surface area contributed by atoms with Gasteiger partial charge in [-0.05, 0) is 6.26 Å². The maximum atomic E-state index is 8.30. The van der Waals surface area contributed by atoms with Gasteiger partial charge in [-0.3, -0.25) is 0 Å². The molecule has 0 aromatic rings.